The summed E-state index contributed by atoms with van der Waals surface area (Å²) in [4.78, 5) is 13.6. The van der Waals surface area contributed by atoms with E-state index in [4.69, 9.17) is 4.74 Å². The molecule has 2 fully saturated rings. The van der Waals surface area contributed by atoms with E-state index in [1.54, 1.807) is 0 Å². The van der Waals surface area contributed by atoms with E-state index in [2.05, 4.69) is 46.6 Å². The Labute approximate surface area is 250 Å². The lowest BCUT2D eigenvalue weighted by molar-refractivity contribution is -0.137. The van der Waals surface area contributed by atoms with E-state index in [-0.39, 0.29) is 17.4 Å². The van der Waals surface area contributed by atoms with Gasteiger partial charge in [-0.25, -0.2) is 0 Å². The number of carbonyl (C=O) groups is 1. The standard InChI is InChI=1S/C24H27NO2.C11H10F3NO/c26-20-10-9-17-15-19-18-7-4-8-21-24(18,22(17)23(20)27-21)12-14-25(19)13-11-16-5-2-1-3-6-16;1-15-10(16)6-5-8-3-2-4-9(7-8)11(12,13)14/h1-3,5-6,9-10,18-19,21,26H,4,7-8,11-15H2;2-7H,1H3,(H,15,16)/b;6-5+/t18-,19+,21-,24+;/m0./s1. The van der Waals surface area contributed by atoms with Crippen LogP contribution in [0.1, 0.15) is 53.5 Å². The summed E-state index contributed by atoms with van der Waals surface area (Å²) in [5.41, 5.74) is 4.01. The zero-order valence-corrected chi connectivity index (χ0v) is 24.2. The monoisotopic (exact) mass is 590 g/mol. The fourth-order valence-electron chi connectivity index (χ4n) is 7.86. The first kappa shape index (κ1) is 29.3. The Morgan fingerprint density at radius 1 is 1.12 bits per heavy atom. The number of amides is 1. The summed E-state index contributed by atoms with van der Waals surface area (Å²) in [6.45, 7) is 2.30. The summed E-state index contributed by atoms with van der Waals surface area (Å²) in [6, 6.07) is 20.3. The normalized spacial score (nSPS) is 25.3. The minimum absolute atomic E-state index is 0.161. The highest BCUT2D eigenvalue weighted by molar-refractivity contribution is 5.91. The van der Waals surface area contributed by atoms with Crippen molar-refractivity contribution in [3.63, 3.8) is 0 Å². The molecule has 1 amide bonds. The van der Waals surface area contributed by atoms with E-state index < -0.39 is 11.7 Å². The molecule has 226 valence electrons. The number of aromatic hydroxyl groups is 1. The zero-order chi connectivity index (χ0) is 30.2. The molecule has 4 aliphatic rings. The Kier molecular flexibility index (Phi) is 7.98. The van der Waals surface area contributed by atoms with Crippen molar-refractivity contribution in [2.75, 3.05) is 20.1 Å². The van der Waals surface area contributed by atoms with Crippen LogP contribution in [0.15, 0.2) is 72.8 Å². The Bertz CT molecular complexity index is 1510. The van der Waals surface area contributed by atoms with Gasteiger partial charge in [0.25, 0.3) is 0 Å². The molecule has 4 atom stereocenters. The van der Waals surface area contributed by atoms with E-state index in [1.807, 2.05) is 6.07 Å². The van der Waals surface area contributed by atoms with E-state index in [1.165, 1.54) is 67.3 Å². The maximum absolute atomic E-state index is 12.3. The maximum Gasteiger partial charge on any atom is 0.416 e. The molecule has 1 saturated heterocycles. The van der Waals surface area contributed by atoms with E-state index in [9.17, 15) is 23.1 Å². The van der Waals surface area contributed by atoms with Crippen molar-refractivity contribution in [2.45, 2.75) is 62.3 Å². The molecule has 0 radical (unpaired) electrons. The summed E-state index contributed by atoms with van der Waals surface area (Å²) < 4.78 is 43.4. The summed E-state index contributed by atoms with van der Waals surface area (Å²) >= 11 is 0. The molecule has 0 aromatic heterocycles. The largest absolute Gasteiger partial charge is 0.504 e. The fourth-order valence-corrected chi connectivity index (χ4v) is 7.86. The highest BCUT2D eigenvalue weighted by Gasteiger charge is 2.63. The number of nitrogens with zero attached hydrogens (tertiary/aromatic N) is 1. The Morgan fingerprint density at radius 3 is 2.70 bits per heavy atom. The number of halogens is 3. The molecule has 3 aromatic carbocycles. The number of hydrogen-bond donors (Lipinski definition) is 2. The first-order valence-corrected chi connectivity index (χ1v) is 15.1. The van der Waals surface area contributed by atoms with E-state index in [0.29, 0.717) is 23.3 Å². The molecule has 2 heterocycles. The van der Waals surface area contributed by atoms with Crippen LogP contribution in [0.4, 0.5) is 13.2 Å². The second-order valence-electron chi connectivity index (χ2n) is 12.0. The number of alkyl halides is 3. The van der Waals surface area contributed by atoms with Crippen LogP contribution in [0.3, 0.4) is 0 Å². The summed E-state index contributed by atoms with van der Waals surface area (Å²) in [6.07, 6.45) is 5.53. The number of phenols is 1. The van der Waals surface area contributed by atoms with Gasteiger partial charge in [-0.15, -0.1) is 0 Å². The number of carbonyl (C=O) groups excluding carboxylic acids is 1. The van der Waals surface area contributed by atoms with Crippen molar-refractivity contribution < 1.29 is 27.8 Å². The average Bonchev–Trinajstić information content (AvgIpc) is 3.36. The van der Waals surface area contributed by atoms with Crippen molar-refractivity contribution >= 4 is 12.0 Å². The van der Waals surface area contributed by atoms with Gasteiger partial charge in [0.1, 0.15) is 6.10 Å². The average molecular weight is 591 g/mol. The molecule has 2 aliphatic heterocycles. The van der Waals surface area contributed by atoms with Crippen LogP contribution < -0.4 is 10.1 Å². The number of likely N-dealkylation sites (tertiary alicyclic amines) is 1. The SMILES string of the molecule is CNC(=O)/C=C/c1cccc(C(F)(F)F)c1.Oc1ccc2c3c1O[C@H]1CCC[C@H]4[C@@H](C2)N(CCc2ccccc2)CC[C@]314. The third-order valence-corrected chi connectivity index (χ3v) is 9.76. The lowest BCUT2D eigenvalue weighted by Crippen LogP contribution is -2.64. The van der Waals surface area contributed by atoms with Crippen molar-refractivity contribution in [2.24, 2.45) is 5.92 Å². The number of nitrogens with one attached hydrogen (secondary N) is 1. The molecular weight excluding hydrogens is 553 g/mol. The highest BCUT2D eigenvalue weighted by atomic mass is 19.4. The lowest BCUT2D eigenvalue weighted by Gasteiger charge is -2.58. The molecular formula is C35H37F3N2O3. The van der Waals surface area contributed by atoms with Crippen molar-refractivity contribution in [3.8, 4) is 11.5 Å². The molecule has 8 heteroatoms. The van der Waals surface area contributed by atoms with Gasteiger partial charge in [0, 0.05) is 36.7 Å². The van der Waals surface area contributed by atoms with Crippen LogP contribution in [0.2, 0.25) is 0 Å². The number of likely N-dealkylation sites (N-methyl/N-ethyl adjacent to an activating group) is 1. The number of hydrogen-bond acceptors (Lipinski definition) is 4. The molecule has 1 spiro atoms. The van der Waals surface area contributed by atoms with Crippen LogP contribution >= 0.6 is 0 Å². The number of piperidine rings is 1. The van der Waals surface area contributed by atoms with Gasteiger partial charge in [0.2, 0.25) is 5.91 Å². The molecule has 2 aliphatic carbocycles. The smallest absolute Gasteiger partial charge is 0.416 e. The number of benzene rings is 3. The van der Waals surface area contributed by atoms with Crippen LogP contribution in [-0.2, 0) is 29.2 Å². The molecule has 2 bridgehead atoms. The van der Waals surface area contributed by atoms with Crippen molar-refractivity contribution in [1.82, 2.24) is 10.2 Å². The van der Waals surface area contributed by atoms with E-state index in [0.717, 1.165) is 50.2 Å². The molecule has 2 N–H and O–H groups in total. The Hall–Kier alpha value is -3.78. The van der Waals surface area contributed by atoms with Crippen LogP contribution in [0.5, 0.6) is 11.5 Å². The van der Waals surface area contributed by atoms with Crippen LogP contribution in [-0.4, -0.2) is 48.2 Å². The predicted molar refractivity (Wildman–Crippen MR) is 160 cm³/mol. The topological polar surface area (TPSA) is 61.8 Å². The van der Waals surface area contributed by atoms with Gasteiger partial charge in [-0.05, 0) is 92.0 Å². The molecule has 3 aromatic rings. The van der Waals surface area contributed by atoms with Gasteiger partial charge in [-0.2, -0.15) is 13.2 Å². The minimum Gasteiger partial charge on any atom is -0.504 e. The van der Waals surface area contributed by atoms with E-state index >= 15 is 0 Å². The quantitative estimate of drug-likeness (QED) is 0.332. The van der Waals surface area contributed by atoms with Gasteiger partial charge < -0.3 is 15.2 Å². The van der Waals surface area contributed by atoms with Crippen molar-refractivity contribution in [3.05, 3.63) is 101 Å². The minimum atomic E-state index is -4.36. The summed E-state index contributed by atoms with van der Waals surface area (Å²) in [5.74, 6) is 1.48. The van der Waals surface area contributed by atoms with Crippen LogP contribution in [0.25, 0.3) is 6.08 Å². The Morgan fingerprint density at radius 2 is 1.93 bits per heavy atom. The maximum atomic E-state index is 12.3. The second-order valence-corrected chi connectivity index (χ2v) is 12.0. The first-order chi connectivity index (χ1) is 20.7. The van der Waals surface area contributed by atoms with Gasteiger partial charge in [0.05, 0.1) is 5.56 Å². The third-order valence-electron chi connectivity index (χ3n) is 9.76. The lowest BCUT2D eigenvalue weighted by atomic mass is 9.52. The number of ether oxygens (including phenoxy) is 1. The van der Waals surface area contributed by atoms with Crippen molar-refractivity contribution in [1.29, 1.82) is 0 Å². The molecule has 43 heavy (non-hydrogen) atoms. The highest BCUT2D eigenvalue weighted by Crippen LogP contribution is 2.63. The second kappa shape index (κ2) is 11.7. The first-order valence-electron chi connectivity index (χ1n) is 15.1. The summed E-state index contributed by atoms with van der Waals surface area (Å²) in [5, 5.41) is 12.8. The number of phenolic OH excluding ortho intramolecular Hbond substituents is 1. The number of rotatable bonds is 5. The zero-order valence-electron chi connectivity index (χ0n) is 24.2. The molecule has 1 saturated carbocycles. The van der Waals surface area contributed by atoms with Gasteiger partial charge in [0.15, 0.2) is 11.5 Å². The van der Waals surface area contributed by atoms with Gasteiger partial charge in [-0.1, -0.05) is 48.5 Å². The molecule has 7 rings (SSSR count). The molecule has 5 nitrogen and oxygen atoms in total. The van der Waals surface area contributed by atoms with Gasteiger partial charge in [-0.3, -0.25) is 9.69 Å². The predicted octanol–water partition coefficient (Wildman–Crippen LogP) is 6.53. The van der Waals surface area contributed by atoms with Crippen LogP contribution in [0, 0.1) is 5.92 Å². The summed E-state index contributed by atoms with van der Waals surface area (Å²) in [7, 11) is 1.44. The third kappa shape index (κ3) is 5.53. The van der Waals surface area contributed by atoms with Gasteiger partial charge >= 0.3 is 6.18 Å². The Balaban J connectivity index is 0.000000178. The fraction of sp³-hybridized carbons (Fsp3) is 0.400. The molecule has 0 unspecified atom stereocenters.